The Morgan fingerprint density at radius 3 is 2.33 bits per heavy atom. The summed E-state index contributed by atoms with van der Waals surface area (Å²) in [6.07, 6.45) is 0.0461. The largest absolute Gasteiger partial charge is 0.470 e. The van der Waals surface area contributed by atoms with Crippen LogP contribution in [-0.2, 0) is 0 Å². The highest BCUT2D eigenvalue weighted by molar-refractivity contribution is 5.75. The fourth-order valence-electron chi connectivity index (χ4n) is 3.26. The van der Waals surface area contributed by atoms with Crippen molar-refractivity contribution in [3.63, 3.8) is 0 Å². The highest BCUT2D eigenvalue weighted by Gasteiger charge is 2.31. The van der Waals surface area contributed by atoms with Crippen LogP contribution in [0.25, 0.3) is 11.1 Å². The number of ether oxygens (including phenoxy) is 1. The van der Waals surface area contributed by atoms with Gasteiger partial charge in [-0.15, -0.1) is 0 Å². The van der Waals surface area contributed by atoms with Crippen LogP contribution in [0.2, 0.25) is 0 Å². The minimum absolute atomic E-state index is 0.0461. The lowest BCUT2D eigenvalue weighted by Crippen LogP contribution is -2.47. The maximum Gasteiger partial charge on any atom is 0.179 e. The van der Waals surface area contributed by atoms with Gasteiger partial charge in [0.15, 0.2) is 6.23 Å². The highest BCUT2D eigenvalue weighted by atomic mass is 16.5. The van der Waals surface area contributed by atoms with E-state index in [9.17, 15) is 0 Å². The van der Waals surface area contributed by atoms with Gasteiger partial charge in [0, 0.05) is 37.3 Å². The van der Waals surface area contributed by atoms with Gasteiger partial charge in [0.05, 0.1) is 0 Å². The van der Waals surface area contributed by atoms with Crippen LogP contribution in [0, 0.1) is 0 Å². The third-order valence-electron chi connectivity index (χ3n) is 4.51. The van der Waals surface area contributed by atoms with Crippen molar-refractivity contribution in [2.45, 2.75) is 6.23 Å². The lowest BCUT2D eigenvalue weighted by atomic mass is 9.95. The molecule has 3 nitrogen and oxygen atoms in total. The van der Waals surface area contributed by atoms with E-state index in [4.69, 9.17) is 4.74 Å². The molecule has 4 rings (SSSR count). The maximum absolute atomic E-state index is 6.34. The molecule has 0 aliphatic carbocycles. The smallest absolute Gasteiger partial charge is 0.179 e. The van der Waals surface area contributed by atoms with E-state index < -0.39 is 0 Å². The second kappa shape index (κ2) is 5.17. The fraction of sp³-hybridized carbons (Fsp3) is 0.333. The summed E-state index contributed by atoms with van der Waals surface area (Å²) >= 11 is 0. The molecule has 0 radical (unpaired) electrons. The van der Waals surface area contributed by atoms with Crippen LogP contribution >= 0.6 is 0 Å². The van der Waals surface area contributed by atoms with Crippen LogP contribution in [0.1, 0.15) is 11.8 Å². The van der Waals surface area contributed by atoms with Crippen molar-refractivity contribution in [3.05, 3.63) is 54.1 Å². The molecule has 1 unspecified atom stereocenters. The molecule has 1 fully saturated rings. The number of nitrogens with zero attached hydrogens (tertiary/aromatic N) is 2. The van der Waals surface area contributed by atoms with E-state index in [0.29, 0.717) is 0 Å². The summed E-state index contributed by atoms with van der Waals surface area (Å²) in [7, 11) is 2.18. The van der Waals surface area contributed by atoms with Crippen LogP contribution in [0.3, 0.4) is 0 Å². The second-order valence-electron chi connectivity index (χ2n) is 5.89. The number of benzene rings is 2. The zero-order valence-electron chi connectivity index (χ0n) is 12.3. The summed E-state index contributed by atoms with van der Waals surface area (Å²) in [5, 5.41) is 0. The summed E-state index contributed by atoms with van der Waals surface area (Å²) in [6.45, 7) is 4.31. The average molecular weight is 280 g/mol. The standard InChI is InChI=1S/C18H20N2O/c1-19-10-12-20(13-11-19)18-16-8-3-2-6-14(16)15-7-4-5-9-17(15)21-18/h2-9,18H,10-13H2,1H3. The Kier molecular flexibility index (Phi) is 3.17. The second-order valence-corrected chi connectivity index (χ2v) is 5.89. The fourth-order valence-corrected chi connectivity index (χ4v) is 3.26. The van der Waals surface area contributed by atoms with Crippen molar-refractivity contribution < 1.29 is 4.74 Å². The molecule has 21 heavy (non-hydrogen) atoms. The molecule has 3 heteroatoms. The Morgan fingerprint density at radius 1 is 0.857 bits per heavy atom. The van der Waals surface area contributed by atoms with Crippen LogP contribution in [0.4, 0.5) is 0 Å². The summed E-state index contributed by atoms with van der Waals surface area (Å²) in [6, 6.07) is 17.0. The molecule has 2 aromatic rings. The normalized spacial score (nSPS) is 22.2. The van der Waals surface area contributed by atoms with E-state index in [2.05, 4.69) is 59.3 Å². The minimum atomic E-state index is 0.0461. The number of hydrogen-bond acceptors (Lipinski definition) is 3. The molecule has 0 bridgehead atoms. The van der Waals surface area contributed by atoms with E-state index in [-0.39, 0.29) is 6.23 Å². The van der Waals surface area contributed by atoms with Crippen molar-refractivity contribution in [2.75, 3.05) is 33.2 Å². The van der Waals surface area contributed by atoms with Crippen molar-refractivity contribution >= 4 is 0 Å². The van der Waals surface area contributed by atoms with Crippen LogP contribution in [0.5, 0.6) is 5.75 Å². The number of rotatable bonds is 1. The topological polar surface area (TPSA) is 15.7 Å². The third-order valence-corrected chi connectivity index (χ3v) is 4.51. The van der Waals surface area contributed by atoms with Crippen LogP contribution in [-0.4, -0.2) is 43.0 Å². The minimum Gasteiger partial charge on any atom is -0.470 e. The molecule has 2 heterocycles. The number of fused-ring (bicyclic) bond motifs is 3. The van der Waals surface area contributed by atoms with E-state index in [1.165, 1.54) is 16.7 Å². The molecule has 1 saturated heterocycles. The van der Waals surface area contributed by atoms with Gasteiger partial charge in [-0.25, -0.2) is 0 Å². The zero-order chi connectivity index (χ0) is 14.2. The monoisotopic (exact) mass is 280 g/mol. The third kappa shape index (κ3) is 2.23. The first kappa shape index (κ1) is 12.9. The van der Waals surface area contributed by atoms with Crippen molar-refractivity contribution in [1.29, 1.82) is 0 Å². The summed E-state index contributed by atoms with van der Waals surface area (Å²) in [4.78, 5) is 4.83. The molecular weight excluding hydrogens is 260 g/mol. The van der Waals surface area contributed by atoms with E-state index >= 15 is 0 Å². The maximum atomic E-state index is 6.34. The molecule has 1 atom stereocenters. The molecular formula is C18H20N2O. The van der Waals surface area contributed by atoms with Crippen LogP contribution < -0.4 is 4.74 Å². The van der Waals surface area contributed by atoms with Gasteiger partial charge in [0.25, 0.3) is 0 Å². The predicted octanol–water partition coefficient (Wildman–Crippen LogP) is 2.99. The van der Waals surface area contributed by atoms with Gasteiger partial charge in [-0.05, 0) is 18.7 Å². The molecule has 2 aliphatic rings. The average Bonchev–Trinajstić information content (AvgIpc) is 2.55. The van der Waals surface area contributed by atoms with Gasteiger partial charge in [0.1, 0.15) is 5.75 Å². The summed E-state index contributed by atoms with van der Waals surface area (Å²) < 4.78 is 6.34. The summed E-state index contributed by atoms with van der Waals surface area (Å²) in [5.74, 6) is 1.00. The summed E-state index contributed by atoms with van der Waals surface area (Å²) in [5.41, 5.74) is 3.81. The van der Waals surface area contributed by atoms with E-state index in [1.54, 1.807) is 0 Å². The van der Waals surface area contributed by atoms with Crippen molar-refractivity contribution in [3.8, 4) is 16.9 Å². The molecule has 2 aromatic carbocycles. The van der Waals surface area contributed by atoms with E-state index in [1.807, 2.05) is 6.07 Å². The van der Waals surface area contributed by atoms with Crippen molar-refractivity contribution in [2.24, 2.45) is 0 Å². The predicted molar refractivity (Wildman–Crippen MR) is 84.3 cm³/mol. The number of likely N-dealkylation sites (N-methyl/N-ethyl adjacent to an activating group) is 1. The van der Waals surface area contributed by atoms with Gasteiger partial charge in [-0.3, -0.25) is 4.90 Å². The highest BCUT2D eigenvalue weighted by Crippen LogP contribution is 2.43. The molecule has 0 saturated carbocycles. The van der Waals surface area contributed by atoms with Gasteiger partial charge in [-0.1, -0.05) is 42.5 Å². The lowest BCUT2D eigenvalue weighted by molar-refractivity contribution is -0.00655. The Balaban J connectivity index is 1.74. The molecule has 0 spiro atoms. The lowest BCUT2D eigenvalue weighted by Gasteiger charge is -2.40. The first-order valence-corrected chi connectivity index (χ1v) is 7.60. The van der Waals surface area contributed by atoms with Crippen molar-refractivity contribution in [1.82, 2.24) is 9.80 Å². The first-order chi connectivity index (χ1) is 10.3. The first-order valence-electron chi connectivity index (χ1n) is 7.60. The molecule has 0 aromatic heterocycles. The molecule has 2 aliphatic heterocycles. The quantitative estimate of drug-likeness (QED) is 0.798. The SMILES string of the molecule is CN1CCN(C2Oc3ccccc3-c3ccccc32)CC1. The van der Waals surface area contributed by atoms with Gasteiger partial charge < -0.3 is 9.64 Å². The van der Waals surface area contributed by atoms with Gasteiger partial charge in [0.2, 0.25) is 0 Å². The number of piperazine rings is 1. The molecule has 108 valence electrons. The molecule has 0 N–H and O–H groups in total. The van der Waals surface area contributed by atoms with E-state index in [0.717, 1.165) is 31.9 Å². The Bertz CT molecular complexity index is 647. The Labute approximate surface area is 125 Å². The van der Waals surface area contributed by atoms with Gasteiger partial charge >= 0.3 is 0 Å². The Hall–Kier alpha value is -1.84. The number of para-hydroxylation sites is 1. The zero-order valence-corrected chi connectivity index (χ0v) is 12.3. The Morgan fingerprint density at radius 2 is 1.52 bits per heavy atom. The van der Waals surface area contributed by atoms with Gasteiger partial charge in [-0.2, -0.15) is 0 Å². The van der Waals surface area contributed by atoms with Crippen LogP contribution in [0.15, 0.2) is 48.5 Å². The number of hydrogen-bond donors (Lipinski definition) is 0. The molecule has 0 amide bonds.